The van der Waals surface area contributed by atoms with E-state index in [0.717, 1.165) is 5.56 Å². The lowest BCUT2D eigenvalue weighted by molar-refractivity contribution is -0.139. The van der Waals surface area contributed by atoms with Crippen LogP contribution in [0.3, 0.4) is 0 Å². The van der Waals surface area contributed by atoms with Crippen molar-refractivity contribution in [1.29, 1.82) is 0 Å². The third-order valence-electron chi connectivity index (χ3n) is 3.04. The van der Waals surface area contributed by atoms with Gasteiger partial charge in [0.25, 0.3) is 5.71 Å². The topological polar surface area (TPSA) is 98.3 Å². The number of hydrogen-bond donors (Lipinski definition) is 1. The molecule has 0 aliphatic carbocycles. The largest absolute Gasteiger partial charge is 0.479 e. The van der Waals surface area contributed by atoms with Gasteiger partial charge in [-0.15, -0.1) is 0 Å². The second kappa shape index (κ2) is 5.80. The summed E-state index contributed by atoms with van der Waals surface area (Å²) in [4.78, 5) is 19.3. The fraction of sp³-hybridized carbons (Fsp3) is 0.200. The predicted octanol–water partition coefficient (Wildman–Crippen LogP) is 2.31. The van der Waals surface area contributed by atoms with E-state index in [1.807, 2.05) is 37.3 Å². The lowest BCUT2D eigenvalue weighted by Gasteiger charge is -2.05. The number of nitrogens with zero attached hydrogens (tertiary/aromatic N) is 3. The van der Waals surface area contributed by atoms with Crippen molar-refractivity contribution < 1.29 is 19.2 Å². The minimum absolute atomic E-state index is 0.171. The zero-order valence-corrected chi connectivity index (χ0v) is 11.8. The average molecular weight is 299 g/mol. The highest BCUT2D eigenvalue weighted by atomic mass is 16.5. The van der Waals surface area contributed by atoms with Crippen LogP contribution in [0.1, 0.15) is 12.7 Å². The number of aryl methyl sites for hydroxylation is 1. The van der Waals surface area contributed by atoms with Gasteiger partial charge in [-0.3, -0.25) is 0 Å². The average Bonchev–Trinajstić information content (AvgIpc) is 2.97. The fourth-order valence-electron chi connectivity index (χ4n) is 2.05. The van der Waals surface area contributed by atoms with Gasteiger partial charge in [0.1, 0.15) is 16.9 Å². The number of fused-ring (bicyclic) bond motifs is 1. The first-order valence-electron chi connectivity index (χ1n) is 6.75. The van der Waals surface area contributed by atoms with Crippen molar-refractivity contribution in [1.82, 2.24) is 15.1 Å². The monoisotopic (exact) mass is 299 g/mol. The highest BCUT2D eigenvalue weighted by Gasteiger charge is 2.20. The Balaban J connectivity index is 2.17. The summed E-state index contributed by atoms with van der Waals surface area (Å²) in [6.45, 7) is 1.39. The number of carboxylic acid groups (broad SMARTS) is 1. The summed E-state index contributed by atoms with van der Waals surface area (Å²) >= 11 is 0. The summed E-state index contributed by atoms with van der Waals surface area (Å²) < 4.78 is 10.6. The molecule has 22 heavy (non-hydrogen) atoms. The van der Waals surface area contributed by atoms with Crippen LogP contribution in [0.15, 0.2) is 34.9 Å². The number of ether oxygens (including phenoxy) is 1. The van der Waals surface area contributed by atoms with E-state index in [4.69, 9.17) is 14.4 Å². The van der Waals surface area contributed by atoms with Crippen LogP contribution in [0, 0.1) is 0 Å². The van der Waals surface area contributed by atoms with Crippen molar-refractivity contribution in [2.24, 2.45) is 0 Å². The summed E-state index contributed by atoms with van der Waals surface area (Å²) in [5.41, 5.74) is 1.62. The van der Waals surface area contributed by atoms with E-state index in [9.17, 15) is 4.79 Å². The zero-order valence-electron chi connectivity index (χ0n) is 11.8. The fourth-order valence-corrected chi connectivity index (χ4v) is 2.05. The Hall–Kier alpha value is -2.96. The van der Waals surface area contributed by atoms with Crippen LogP contribution >= 0.6 is 0 Å². The molecule has 0 aliphatic rings. The molecule has 0 amide bonds. The molecule has 0 saturated heterocycles. The number of benzene rings is 1. The van der Waals surface area contributed by atoms with Crippen molar-refractivity contribution in [3.63, 3.8) is 0 Å². The molecule has 1 N–H and O–H groups in total. The molecular formula is C15H13N3O4. The van der Waals surface area contributed by atoms with Crippen LogP contribution in [0.5, 0.6) is 5.88 Å². The molecule has 7 heteroatoms. The standard InChI is InChI=1S/C15H13N3O4/c1-2-10-16-14(21-8-11(19)20)12-13(18-22-15(12)17-10)9-6-4-3-5-7-9/h3-7H,2,8H2,1H3,(H,19,20). The minimum atomic E-state index is -1.08. The number of carboxylic acids is 1. The van der Waals surface area contributed by atoms with Gasteiger partial charge in [0.05, 0.1) is 0 Å². The van der Waals surface area contributed by atoms with Crippen LogP contribution in [0.4, 0.5) is 0 Å². The Bertz CT molecular complexity index is 814. The molecule has 0 aliphatic heterocycles. The van der Waals surface area contributed by atoms with E-state index >= 15 is 0 Å². The molecule has 2 heterocycles. The smallest absolute Gasteiger partial charge is 0.341 e. The molecular weight excluding hydrogens is 286 g/mol. The Labute approximate surface area is 125 Å². The molecule has 0 radical (unpaired) electrons. The lowest BCUT2D eigenvalue weighted by Crippen LogP contribution is -2.11. The normalized spacial score (nSPS) is 10.8. The van der Waals surface area contributed by atoms with Crippen LogP contribution in [-0.4, -0.2) is 32.8 Å². The number of aromatic nitrogens is 3. The van der Waals surface area contributed by atoms with Crippen LogP contribution < -0.4 is 4.74 Å². The number of hydrogen-bond acceptors (Lipinski definition) is 6. The van der Waals surface area contributed by atoms with Crippen molar-refractivity contribution in [3.8, 4) is 17.1 Å². The van der Waals surface area contributed by atoms with Gasteiger partial charge in [0.2, 0.25) is 5.88 Å². The molecule has 0 bridgehead atoms. The molecule has 1 aromatic carbocycles. The van der Waals surface area contributed by atoms with Crippen LogP contribution in [-0.2, 0) is 11.2 Å². The second-order valence-electron chi connectivity index (χ2n) is 4.56. The van der Waals surface area contributed by atoms with Crippen molar-refractivity contribution in [3.05, 3.63) is 36.2 Å². The Morgan fingerprint density at radius 2 is 2.05 bits per heavy atom. The SMILES string of the molecule is CCc1nc(OCC(=O)O)c2c(-c3ccccc3)noc2n1. The molecule has 3 rings (SSSR count). The number of aliphatic carboxylic acids is 1. The molecule has 0 unspecified atom stereocenters. The maximum atomic E-state index is 10.7. The first kappa shape index (κ1) is 14.0. The molecule has 7 nitrogen and oxygen atoms in total. The van der Waals surface area contributed by atoms with E-state index in [1.165, 1.54) is 0 Å². The second-order valence-corrected chi connectivity index (χ2v) is 4.56. The maximum absolute atomic E-state index is 10.7. The van der Waals surface area contributed by atoms with Gasteiger partial charge < -0.3 is 14.4 Å². The van der Waals surface area contributed by atoms with Crippen LogP contribution in [0.2, 0.25) is 0 Å². The molecule has 0 fully saturated rings. The van der Waals surface area contributed by atoms with Gasteiger partial charge in [0, 0.05) is 12.0 Å². The third-order valence-corrected chi connectivity index (χ3v) is 3.04. The summed E-state index contributed by atoms with van der Waals surface area (Å²) in [6.07, 6.45) is 0.570. The van der Waals surface area contributed by atoms with Gasteiger partial charge in [-0.05, 0) is 0 Å². The van der Waals surface area contributed by atoms with Gasteiger partial charge in [-0.2, -0.15) is 9.97 Å². The highest BCUT2D eigenvalue weighted by molar-refractivity contribution is 5.93. The first-order valence-corrected chi connectivity index (χ1v) is 6.75. The van der Waals surface area contributed by atoms with Crippen LogP contribution in [0.25, 0.3) is 22.4 Å². The summed E-state index contributed by atoms with van der Waals surface area (Å²) in [6, 6.07) is 9.36. The quantitative estimate of drug-likeness (QED) is 0.771. The Morgan fingerprint density at radius 3 is 2.73 bits per heavy atom. The Kier molecular flexibility index (Phi) is 3.69. The minimum Gasteiger partial charge on any atom is -0.479 e. The summed E-state index contributed by atoms with van der Waals surface area (Å²) in [5.74, 6) is -0.407. The number of rotatable bonds is 5. The molecule has 0 saturated carbocycles. The maximum Gasteiger partial charge on any atom is 0.341 e. The van der Waals surface area contributed by atoms with E-state index in [-0.39, 0.29) is 11.6 Å². The van der Waals surface area contributed by atoms with Gasteiger partial charge in [-0.1, -0.05) is 42.4 Å². The molecule has 3 aromatic rings. The van der Waals surface area contributed by atoms with Crippen molar-refractivity contribution >= 4 is 17.1 Å². The summed E-state index contributed by atoms with van der Waals surface area (Å²) in [7, 11) is 0. The molecule has 2 aromatic heterocycles. The third kappa shape index (κ3) is 2.60. The van der Waals surface area contributed by atoms with E-state index in [2.05, 4.69) is 15.1 Å². The number of carbonyl (C=O) groups is 1. The zero-order chi connectivity index (χ0) is 15.5. The van der Waals surface area contributed by atoms with E-state index < -0.39 is 12.6 Å². The van der Waals surface area contributed by atoms with E-state index in [0.29, 0.717) is 23.3 Å². The van der Waals surface area contributed by atoms with Gasteiger partial charge in [-0.25, -0.2) is 4.79 Å². The van der Waals surface area contributed by atoms with E-state index in [1.54, 1.807) is 0 Å². The predicted molar refractivity (Wildman–Crippen MR) is 77.5 cm³/mol. The molecule has 0 atom stereocenters. The Morgan fingerprint density at radius 1 is 1.27 bits per heavy atom. The highest BCUT2D eigenvalue weighted by Crippen LogP contribution is 2.32. The first-order chi connectivity index (χ1) is 10.7. The van der Waals surface area contributed by atoms with Gasteiger partial charge >= 0.3 is 5.97 Å². The molecule has 0 spiro atoms. The van der Waals surface area contributed by atoms with Crippen molar-refractivity contribution in [2.75, 3.05) is 6.61 Å². The van der Waals surface area contributed by atoms with Crippen molar-refractivity contribution in [2.45, 2.75) is 13.3 Å². The summed E-state index contributed by atoms with van der Waals surface area (Å²) in [5, 5.41) is 13.3. The lowest BCUT2D eigenvalue weighted by atomic mass is 10.1. The molecule has 112 valence electrons. The van der Waals surface area contributed by atoms with Gasteiger partial charge in [0.15, 0.2) is 6.61 Å².